The van der Waals surface area contributed by atoms with Crippen molar-refractivity contribution < 1.29 is 4.42 Å². The van der Waals surface area contributed by atoms with E-state index in [1.807, 2.05) is 6.07 Å². The molecule has 0 aliphatic rings. The average Bonchev–Trinajstić information content (AvgIpc) is 3.94. The van der Waals surface area contributed by atoms with Gasteiger partial charge in [-0.1, -0.05) is 97.1 Å². The molecule has 8 aromatic carbocycles. The van der Waals surface area contributed by atoms with E-state index in [0.29, 0.717) is 0 Å². The highest BCUT2D eigenvalue weighted by molar-refractivity contribution is 6.24. The summed E-state index contributed by atoms with van der Waals surface area (Å²) in [6.45, 7) is 0. The number of hydrogen-bond acceptors (Lipinski definition) is 1. The molecule has 0 aliphatic carbocycles. The molecule has 0 spiro atoms. The van der Waals surface area contributed by atoms with Gasteiger partial charge < -0.3 is 18.1 Å². The van der Waals surface area contributed by atoms with E-state index < -0.39 is 0 Å². The first-order valence-corrected chi connectivity index (χ1v) is 17.8. The SMILES string of the molecule is c1cc(-n2c3ccccc3c3ccccc32)cc(-n2c3cc(-n4c5ccccc5c5ccccc54)ccc3c3c4oc5ccccc5c4ccc32)c1. The van der Waals surface area contributed by atoms with Crippen LogP contribution in [0.2, 0.25) is 0 Å². The molecule has 0 aliphatic heterocycles. The minimum atomic E-state index is 0.904. The van der Waals surface area contributed by atoms with E-state index in [1.54, 1.807) is 0 Å². The standard InChI is InChI=1S/C48H29N3O/c1-6-19-40-33(14-1)34-15-2-7-20-41(34)49(40)30-12-11-13-31(28-30)51-44-27-26-38-37-18-5-10-23-46(37)52-48(38)47(44)39-25-24-32(29-45(39)51)50-42-21-8-3-16-35(42)36-17-4-9-22-43(36)50/h1-29H. The van der Waals surface area contributed by atoms with Crippen molar-refractivity contribution in [2.45, 2.75) is 0 Å². The second-order valence-electron chi connectivity index (χ2n) is 13.7. The predicted octanol–water partition coefficient (Wildman–Crippen LogP) is 12.9. The van der Waals surface area contributed by atoms with Crippen LogP contribution in [0, 0.1) is 0 Å². The summed E-state index contributed by atoms with van der Waals surface area (Å²) in [5, 5.41) is 9.56. The Balaban J connectivity index is 1.19. The number of furan rings is 1. The fourth-order valence-corrected chi connectivity index (χ4v) is 8.86. The van der Waals surface area contributed by atoms with Crippen molar-refractivity contribution in [1.29, 1.82) is 0 Å². The van der Waals surface area contributed by atoms with Gasteiger partial charge in [-0.2, -0.15) is 0 Å². The lowest BCUT2D eigenvalue weighted by atomic mass is 10.1. The van der Waals surface area contributed by atoms with Gasteiger partial charge in [0.05, 0.1) is 38.5 Å². The van der Waals surface area contributed by atoms with Crippen LogP contribution >= 0.6 is 0 Å². The molecule has 12 rings (SSSR count). The Morgan fingerprint density at radius 1 is 0.288 bits per heavy atom. The zero-order valence-corrected chi connectivity index (χ0v) is 28.0. The van der Waals surface area contributed by atoms with Gasteiger partial charge in [-0.15, -0.1) is 0 Å². The maximum Gasteiger partial charge on any atom is 0.145 e. The normalized spacial score (nSPS) is 12.2. The highest BCUT2D eigenvalue weighted by Gasteiger charge is 2.21. The Hall–Kier alpha value is -7.04. The summed E-state index contributed by atoms with van der Waals surface area (Å²) in [5.41, 5.74) is 12.2. The number of aromatic nitrogens is 3. The number of nitrogens with zero attached hydrogens (tertiary/aromatic N) is 3. The molecule has 0 saturated heterocycles. The summed E-state index contributed by atoms with van der Waals surface area (Å²) >= 11 is 0. The molecule has 12 aromatic rings. The molecule has 0 bridgehead atoms. The smallest absolute Gasteiger partial charge is 0.145 e. The molecule has 4 aromatic heterocycles. The van der Waals surface area contributed by atoms with E-state index in [2.05, 4.69) is 184 Å². The van der Waals surface area contributed by atoms with Gasteiger partial charge in [0, 0.05) is 54.8 Å². The van der Waals surface area contributed by atoms with E-state index in [-0.39, 0.29) is 0 Å². The average molecular weight is 664 g/mol. The molecule has 0 unspecified atom stereocenters. The summed E-state index contributed by atoms with van der Waals surface area (Å²) in [7, 11) is 0. The molecule has 0 radical (unpaired) electrons. The Kier molecular flexibility index (Phi) is 5.47. The Bertz CT molecular complexity index is 3320. The van der Waals surface area contributed by atoms with Crippen LogP contribution in [0.4, 0.5) is 0 Å². The minimum Gasteiger partial charge on any atom is -0.455 e. The van der Waals surface area contributed by atoms with Crippen molar-refractivity contribution in [1.82, 2.24) is 13.7 Å². The van der Waals surface area contributed by atoms with Gasteiger partial charge >= 0.3 is 0 Å². The minimum absolute atomic E-state index is 0.904. The predicted molar refractivity (Wildman–Crippen MR) is 217 cm³/mol. The number of rotatable bonds is 3. The molecule has 0 fully saturated rings. The van der Waals surface area contributed by atoms with Gasteiger partial charge in [0.2, 0.25) is 0 Å². The molecular formula is C48H29N3O. The number of fused-ring (bicyclic) bond motifs is 13. The van der Waals surface area contributed by atoms with Crippen molar-refractivity contribution in [2.75, 3.05) is 0 Å². The monoisotopic (exact) mass is 663 g/mol. The van der Waals surface area contributed by atoms with Crippen LogP contribution < -0.4 is 0 Å². The summed E-state index contributed by atoms with van der Waals surface area (Å²) in [6.07, 6.45) is 0. The molecule has 242 valence electrons. The van der Waals surface area contributed by atoms with Crippen molar-refractivity contribution in [3.8, 4) is 17.1 Å². The summed E-state index contributed by atoms with van der Waals surface area (Å²) < 4.78 is 13.9. The third kappa shape index (κ3) is 3.65. The van der Waals surface area contributed by atoms with Gasteiger partial charge in [0.1, 0.15) is 11.2 Å². The first kappa shape index (κ1) is 27.7. The highest BCUT2D eigenvalue weighted by Crippen LogP contribution is 2.42. The van der Waals surface area contributed by atoms with Crippen LogP contribution in [0.5, 0.6) is 0 Å². The second kappa shape index (κ2) is 10.3. The van der Waals surface area contributed by atoms with E-state index in [9.17, 15) is 0 Å². The van der Waals surface area contributed by atoms with Crippen molar-refractivity contribution in [3.63, 3.8) is 0 Å². The molecule has 0 N–H and O–H groups in total. The van der Waals surface area contributed by atoms with Crippen molar-refractivity contribution >= 4 is 87.4 Å². The first-order valence-electron chi connectivity index (χ1n) is 17.8. The molecule has 52 heavy (non-hydrogen) atoms. The van der Waals surface area contributed by atoms with Gasteiger partial charge in [0.15, 0.2) is 0 Å². The largest absolute Gasteiger partial charge is 0.455 e. The second-order valence-corrected chi connectivity index (χ2v) is 13.7. The van der Waals surface area contributed by atoms with Crippen molar-refractivity contribution in [2.24, 2.45) is 0 Å². The van der Waals surface area contributed by atoms with E-state index in [1.165, 1.54) is 43.6 Å². The Labute approximate surface area is 297 Å². The first-order chi connectivity index (χ1) is 25.8. The Morgan fingerprint density at radius 3 is 1.33 bits per heavy atom. The number of benzene rings is 8. The maximum atomic E-state index is 6.70. The quantitative estimate of drug-likeness (QED) is 0.185. The molecule has 0 atom stereocenters. The molecule has 4 nitrogen and oxygen atoms in total. The van der Waals surface area contributed by atoms with E-state index in [4.69, 9.17) is 4.42 Å². The van der Waals surface area contributed by atoms with Crippen LogP contribution in [-0.2, 0) is 0 Å². The lowest BCUT2D eigenvalue weighted by Gasteiger charge is -2.14. The molecule has 4 heterocycles. The summed E-state index contributed by atoms with van der Waals surface area (Å²) in [5.74, 6) is 0. The van der Waals surface area contributed by atoms with Crippen molar-refractivity contribution in [3.05, 3.63) is 176 Å². The topological polar surface area (TPSA) is 27.9 Å². The van der Waals surface area contributed by atoms with E-state index >= 15 is 0 Å². The van der Waals surface area contributed by atoms with Crippen LogP contribution in [0.25, 0.3) is 104 Å². The molecule has 0 amide bonds. The third-order valence-electron chi connectivity index (χ3n) is 11.0. The number of hydrogen-bond donors (Lipinski definition) is 0. The fourth-order valence-electron chi connectivity index (χ4n) is 8.86. The zero-order chi connectivity index (χ0) is 33.9. The maximum absolute atomic E-state index is 6.70. The zero-order valence-electron chi connectivity index (χ0n) is 28.0. The van der Waals surface area contributed by atoms with Crippen LogP contribution in [-0.4, -0.2) is 13.7 Å². The summed E-state index contributed by atoms with van der Waals surface area (Å²) in [4.78, 5) is 0. The molecule has 0 saturated carbocycles. The summed E-state index contributed by atoms with van der Waals surface area (Å²) in [6, 6.07) is 63.5. The fraction of sp³-hybridized carbons (Fsp3) is 0. The lowest BCUT2D eigenvalue weighted by Crippen LogP contribution is -1.99. The van der Waals surface area contributed by atoms with Crippen LogP contribution in [0.1, 0.15) is 0 Å². The lowest BCUT2D eigenvalue weighted by molar-refractivity contribution is 0.673. The van der Waals surface area contributed by atoms with E-state index in [0.717, 1.165) is 60.8 Å². The van der Waals surface area contributed by atoms with Crippen LogP contribution in [0.3, 0.4) is 0 Å². The van der Waals surface area contributed by atoms with Gasteiger partial charge in [-0.05, 0) is 78.9 Å². The molecule has 4 heteroatoms. The number of para-hydroxylation sites is 5. The van der Waals surface area contributed by atoms with Crippen LogP contribution in [0.15, 0.2) is 180 Å². The third-order valence-corrected chi connectivity index (χ3v) is 11.0. The Morgan fingerprint density at radius 2 is 0.750 bits per heavy atom. The molecular weight excluding hydrogens is 635 g/mol. The van der Waals surface area contributed by atoms with Gasteiger partial charge in [-0.25, -0.2) is 0 Å². The van der Waals surface area contributed by atoms with Gasteiger partial charge in [-0.3, -0.25) is 0 Å². The highest BCUT2D eigenvalue weighted by atomic mass is 16.3. The van der Waals surface area contributed by atoms with Gasteiger partial charge in [0.25, 0.3) is 0 Å².